The Hall–Kier alpha value is -1.28. The van der Waals surface area contributed by atoms with Crippen LogP contribution < -0.4 is 0 Å². The Balaban J connectivity index is 1.35. The SMILES string of the molecule is CC(F)(F)C(=O)OCCOC(=O)C12CC3CC(C1)C1(OCCO1)C(C3)C2. The van der Waals surface area contributed by atoms with Crippen LogP contribution in [0.15, 0.2) is 0 Å². The molecule has 6 nitrogen and oxygen atoms in total. The lowest BCUT2D eigenvalue weighted by Crippen LogP contribution is -2.63. The molecule has 0 aromatic carbocycles. The predicted octanol–water partition coefficient (Wildman–Crippen LogP) is 2.30. The summed E-state index contributed by atoms with van der Waals surface area (Å²) in [6.07, 6.45) is 4.16. The summed E-state index contributed by atoms with van der Waals surface area (Å²) in [4.78, 5) is 23.8. The number of rotatable bonds is 5. The Bertz CT molecular complexity index is 577. The second-order valence-electron chi connectivity index (χ2n) is 8.20. The van der Waals surface area contributed by atoms with Gasteiger partial charge >= 0.3 is 17.9 Å². The summed E-state index contributed by atoms with van der Waals surface area (Å²) < 4.78 is 47.2. The normalized spacial score (nSPS) is 37.1. The zero-order valence-electron chi connectivity index (χ0n) is 14.8. The van der Waals surface area contributed by atoms with Gasteiger partial charge in [0, 0.05) is 18.8 Å². The molecule has 1 saturated heterocycles. The van der Waals surface area contributed by atoms with Crippen LogP contribution in [-0.2, 0) is 28.5 Å². The Morgan fingerprint density at radius 3 is 2.19 bits per heavy atom. The first-order valence-electron chi connectivity index (χ1n) is 9.25. The fraction of sp³-hybridized carbons (Fsp3) is 0.889. The van der Waals surface area contributed by atoms with Crippen molar-refractivity contribution in [2.45, 2.75) is 50.7 Å². The maximum Gasteiger partial charge on any atom is 0.376 e. The van der Waals surface area contributed by atoms with Gasteiger partial charge in [-0.3, -0.25) is 4.79 Å². The minimum atomic E-state index is -3.54. The van der Waals surface area contributed by atoms with Gasteiger partial charge in [0.2, 0.25) is 0 Å². The molecule has 4 saturated carbocycles. The summed E-state index contributed by atoms with van der Waals surface area (Å²) in [6, 6.07) is 0. The molecule has 0 aromatic rings. The molecule has 0 radical (unpaired) electrons. The molecule has 5 aliphatic rings. The van der Waals surface area contributed by atoms with E-state index in [9.17, 15) is 18.4 Å². The van der Waals surface area contributed by atoms with Crippen molar-refractivity contribution in [1.82, 2.24) is 0 Å². The smallest absolute Gasteiger partial charge is 0.376 e. The first-order valence-corrected chi connectivity index (χ1v) is 9.25. The van der Waals surface area contributed by atoms with Crippen LogP contribution in [0.3, 0.4) is 0 Å². The van der Waals surface area contributed by atoms with E-state index in [-0.39, 0.29) is 31.0 Å². The first kappa shape index (κ1) is 18.1. The molecule has 1 aliphatic heterocycles. The van der Waals surface area contributed by atoms with Gasteiger partial charge in [0.05, 0.1) is 18.6 Å². The average molecular weight is 374 g/mol. The fourth-order valence-corrected chi connectivity index (χ4v) is 5.64. The van der Waals surface area contributed by atoms with E-state index in [0.29, 0.717) is 38.9 Å². The minimum Gasteiger partial charge on any atom is -0.462 e. The third-order valence-electron chi connectivity index (χ3n) is 6.41. The third kappa shape index (κ3) is 2.81. The maximum absolute atomic E-state index is 12.7. The second-order valence-corrected chi connectivity index (χ2v) is 8.20. The van der Waals surface area contributed by atoms with Crippen LogP contribution in [0.5, 0.6) is 0 Å². The van der Waals surface area contributed by atoms with Gasteiger partial charge in [-0.2, -0.15) is 8.78 Å². The molecule has 1 spiro atoms. The van der Waals surface area contributed by atoms with E-state index >= 15 is 0 Å². The molecule has 26 heavy (non-hydrogen) atoms. The molecule has 5 rings (SSSR count). The van der Waals surface area contributed by atoms with Crippen molar-refractivity contribution < 1.29 is 37.3 Å². The Kier molecular flexibility index (Phi) is 4.26. The summed E-state index contributed by atoms with van der Waals surface area (Å²) in [5.74, 6) is -5.14. The van der Waals surface area contributed by atoms with E-state index in [1.165, 1.54) is 0 Å². The lowest BCUT2D eigenvalue weighted by atomic mass is 9.47. The number of hydrogen-bond acceptors (Lipinski definition) is 6. The monoisotopic (exact) mass is 374 g/mol. The molecule has 0 aromatic heterocycles. The van der Waals surface area contributed by atoms with Crippen LogP contribution >= 0.6 is 0 Å². The summed E-state index contributed by atoms with van der Waals surface area (Å²) in [5.41, 5.74) is -0.546. The van der Waals surface area contributed by atoms with Crippen LogP contribution in [0.2, 0.25) is 0 Å². The minimum absolute atomic E-state index is 0.195. The molecule has 5 fully saturated rings. The number of ether oxygens (including phenoxy) is 4. The quantitative estimate of drug-likeness (QED) is 0.543. The Morgan fingerprint density at radius 2 is 1.62 bits per heavy atom. The van der Waals surface area contributed by atoms with E-state index < -0.39 is 23.1 Å². The molecular formula is C18H24F2O6. The van der Waals surface area contributed by atoms with E-state index in [4.69, 9.17) is 14.2 Å². The van der Waals surface area contributed by atoms with Crippen LogP contribution in [0.4, 0.5) is 8.78 Å². The van der Waals surface area contributed by atoms with Gasteiger partial charge in [-0.05, 0) is 38.0 Å². The van der Waals surface area contributed by atoms with Crippen LogP contribution in [0, 0.1) is 23.2 Å². The highest BCUT2D eigenvalue weighted by atomic mass is 19.3. The van der Waals surface area contributed by atoms with Crippen molar-refractivity contribution in [2.24, 2.45) is 23.2 Å². The van der Waals surface area contributed by atoms with Crippen molar-refractivity contribution in [1.29, 1.82) is 0 Å². The van der Waals surface area contributed by atoms with Gasteiger partial charge < -0.3 is 18.9 Å². The number of alkyl halides is 2. The number of carbonyl (C=O) groups is 2. The predicted molar refractivity (Wildman–Crippen MR) is 83.2 cm³/mol. The second kappa shape index (κ2) is 6.12. The number of halogens is 2. The van der Waals surface area contributed by atoms with Gasteiger partial charge in [-0.1, -0.05) is 0 Å². The van der Waals surface area contributed by atoms with E-state index in [1.54, 1.807) is 0 Å². The van der Waals surface area contributed by atoms with Crippen LogP contribution in [-0.4, -0.2) is 50.1 Å². The van der Waals surface area contributed by atoms with E-state index in [2.05, 4.69) is 4.74 Å². The van der Waals surface area contributed by atoms with Crippen molar-refractivity contribution in [2.75, 3.05) is 26.4 Å². The standard InChI is InChI=1S/C18H24F2O6/c1-16(19,20)14(21)23-2-3-24-15(22)17-8-11-6-12(9-17)18(13(7-11)10-17)25-4-5-26-18/h11-13H,2-10H2,1H3. The molecule has 2 unspecified atom stereocenters. The highest BCUT2D eigenvalue weighted by molar-refractivity contribution is 5.78. The Morgan fingerprint density at radius 1 is 1.04 bits per heavy atom. The third-order valence-corrected chi connectivity index (χ3v) is 6.41. The van der Waals surface area contributed by atoms with E-state index in [0.717, 1.165) is 19.3 Å². The number of carbonyl (C=O) groups excluding carboxylic acids is 2. The lowest BCUT2D eigenvalue weighted by molar-refractivity contribution is -0.301. The largest absolute Gasteiger partial charge is 0.462 e. The zero-order chi connectivity index (χ0) is 18.6. The summed E-state index contributed by atoms with van der Waals surface area (Å²) in [7, 11) is 0. The van der Waals surface area contributed by atoms with Crippen LogP contribution in [0.25, 0.3) is 0 Å². The van der Waals surface area contributed by atoms with Crippen LogP contribution in [0.1, 0.15) is 39.0 Å². The van der Waals surface area contributed by atoms with Crippen molar-refractivity contribution >= 4 is 11.9 Å². The van der Waals surface area contributed by atoms with Crippen molar-refractivity contribution in [3.05, 3.63) is 0 Å². The molecule has 146 valence electrons. The van der Waals surface area contributed by atoms with E-state index in [1.807, 2.05) is 0 Å². The average Bonchev–Trinajstić information content (AvgIpc) is 3.05. The van der Waals surface area contributed by atoms with Gasteiger partial charge in [0.25, 0.3) is 0 Å². The molecule has 8 heteroatoms. The number of hydrogen-bond donors (Lipinski definition) is 0. The zero-order valence-corrected chi connectivity index (χ0v) is 14.8. The topological polar surface area (TPSA) is 71.1 Å². The fourth-order valence-electron chi connectivity index (χ4n) is 5.64. The van der Waals surface area contributed by atoms with Gasteiger partial charge in [0.1, 0.15) is 13.2 Å². The summed E-state index contributed by atoms with van der Waals surface area (Å²) in [5, 5.41) is 0. The molecular weight excluding hydrogens is 350 g/mol. The maximum atomic E-state index is 12.7. The lowest BCUT2D eigenvalue weighted by Gasteiger charge is -2.61. The van der Waals surface area contributed by atoms with Gasteiger partial charge in [-0.25, -0.2) is 4.79 Å². The summed E-state index contributed by atoms with van der Waals surface area (Å²) in [6.45, 7) is 1.10. The summed E-state index contributed by atoms with van der Waals surface area (Å²) >= 11 is 0. The molecule has 4 bridgehead atoms. The molecule has 1 heterocycles. The first-order chi connectivity index (χ1) is 12.3. The van der Waals surface area contributed by atoms with Crippen molar-refractivity contribution in [3.8, 4) is 0 Å². The highest BCUT2D eigenvalue weighted by Gasteiger charge is 2.67. The molecule has 2 atom stereocenters. The van der Waals surface area contributed by atoms with Crippen molar-refractivity contribution in [3.63, 3.8) is 0 Å². The van der Waals surface area contributed by atoms with Gasteiger partial charge in [-0.15, -0.1) is 0 Å². The number of esters is 2. The molecule has 4 aliphatic carbocycles. The van der Waals surface area contributed by atoms with Gasteiger partial charge in [0.15, 0.2) is 5.79 Å². The highest BCUT2D eigenvalue weighted by Crippen LogP contribution is 2.65. The Labute approximate surface area is 150 Å². The molecule has 0 N–H and O–H groups in total. The molecule has 0 amide bonds.